The van der Waals surface area contributed by atoms with Crippen molar-refractivity contribution < 1.29 is 31.1 Å². The molecule has 0 amide bonds. The summed E-state index contributed by atoms with van der Waals surface area (Å²) >= 11 is 0. The lowest BCUT2D eigenvalue weighted by Gasteiger charge is -2.30. The molecule has 1 atom stereocenters. The van der Waals surface area contributed by atoms with Crippen LogP contribution in [-0.2, 0) is 20.9 Å². The van der Waals surface area contributed by atoms with E-state index in [4.69, 9.17) is 4.74 Å². The Kier molecular flexibility index (Phi) is 4.69. The van der Waals surface area contributed by atoms with Gasteiger partial charge in [0.1, 0.15) is 5.75 Å². The molecule has 124 valence electrons. The maximum absolute atomic E-state index is 12.8. The fraction of sp³-hybridized carbons (Fsp3) is 0.538. The first-order valence-corrected chi connectivity index (χ1v) is 7.97. The van der Waals surface area contributed by atoms with Crippen LogP contribution in [0.4, 0.5) is 13.2 Å². The molecule has 0 aliphatic carbocycles. The Morgan fingerprint density at radius 1 is 1.36 bits per heavy atom. The second-order valence-electron chi connectivity index (χ2n) is 4.90. The third-order valence-corrected chi connectivity index (χ3v) is 5.18. The van der Waals surface area contributed by atoms with Gasteiger partial charge < -0.3 is 9.47 Å². The van der Waals surface area contributed by atoms with Crippen LogP contribution in [-0.4, -0.2) is 45.6 Å². The van der Waals surface area contributed by atoms with Crippen LogP contribution < -0.4 is 4.74 Å². The summed E-state index contributed by atoms with van der Waals surface area (Å²) < 4.78 is 74.6. The smallest absolute Gasteiger partial charge is 0.419 e. The number of hydrogen-bond acceptors (Lipinski definition) is 4. The van der Waals surface area contributed by atoms with Gasteiger partial charge in [-0.1, -0.05) is 0 Å². The molecule has 9 heteroatoms. The van der Waals surface area contributed by atoms with Gasteiger partial charge >= 0.3 is 6.18 Å². The van der Waals surface area contributed by atoms with Gasteiger partial charge in [0.15, 0.2) is 0 Å². The van der Waals surface area contributed by atoms with Gasteiger partial charge in [-0.25, -0.2) is 8.42 Å². The van der Waals surface area contributed by atoms with Crippen LogP contribution in [0.5, 0.6) is 5.75 Å². The first kappa shape index (κ1) is 17.0. The average molecular weight is 339 g/mol. The van der Waals surface area contributed by atoms with Crippen LogP contribution in [0.25, 0.3) is 0 Å². The van der Waals surface area contributed by atoms with Crippen LogP contribution in [0.3, 0.4) is 0 Å². The van der Waals surface area contributed by atoms with Crippen molar-refractivity contribution in [2.24, 2.45) is 0 Å². The van der Waals surface area contributed by atoms with Crippen molar-refractivity contribution in [3.63, 3.8) is 0 Å². The number of alkyl halides is 3. The first-order chi connectivity index (χ1) is 10.2. The minimum Gasteiger partial charge on any atom is -0.496 e. The Balaban J connectivity index is 2.40. The summed E-state index contributed by atoms with van der Waals surface area (Å²) in [4.78, 5) is -0.230. The fourth-order valence-corrected chi connectivity index (χ4v) is 3.74. The molecule has 0 unspecified atom stereocenters. The van der Waals surface area contributed by atoms with Crippen LogP contribution in [0.15, 0.2) is 23.1 Å². The molecule has 5 nitrogen and oxygen atoms in total. The van der Waals surface area contributed by atoms with Gasteiger partial charge in [-0.3, -0.25) is 0 Å². The molecule has 1 aromatic carbocycles. The van der Waals surface area contributed by atoms with E-state index in [2.05, 4.69) is 4.74 Å². The second-order valence-corrected chi connectivity index (χ2v) is 6.84. The molecule has 2 rings (SSSR count). The molecule has 1 aromatic rings. The average Bonchev–Trinajstić information content (AvgIpc) is 2.45. The minimum absolute atomic E-state index is 0.158. The van der Waals surface area contributed by atoms with Crippen molar-refractivity contribution in [1.82, 2.24) is 4.31 Å². The lowest BCUT2D eigenvalue weighted by molar-refractivity contribution is -0.138. The van der Waals surface area contributed by atoms with E-state index in [1.165, 1.54) is 4.31 Å². The fourth-order valence-electron chi connectivity index (χ4n) is 2.22. The van der Waals surface area contributed by atoms with Crippen molar-refractivity contribution in [3.05, 3.63) is 23.8 Å². The Bertz CT molecular complexity index is 645. The summed E-state index contributed by atoms with van der Waals surface area (Å²) in [5.41, 5.74) is -1.01. The molecule has 1 aliphatic heterocycles. The van der Waals surface area contributed by atoms with Gasteiger partial charge in [-0.2, -0.15) is 17.5 Å². The van der Waals surface area contributed by atoms with E-state index < -0.39 is 27.5 Å². The standard InChI is InChI=1S/C13H16F3NO4S/c1-9-8-17(5-6-21-9)22(18,19)10-3-4-11(13(14,15)16)12(7-10)20-2/h3-4,7,9H,5-6,8H2,1-2H3/t9-/m1/s1. The highest BCUT2D eigenvalue weighted by Gasteiger charge is 2.36. The summed E-state index contributed by atoms with van der Waals surface area (Å²) in [6, 6.07) is 2.56. The number of halogens is 3. The van der Waals surface area contributed by atoms with Crippen molar-refractivity contribution in [1.29, 1.82) is 0 Å². The molecule has 1 saturated heterocycles. The van der Waals surface area contributed by atoms with Crippen molar-refractivity contribution in [2.75, 3.05) is 26.8 Å². The number of rotatable bonds is 3. The van der Waals surface area contributed by atoms with Crippen LogP contribution in [0.2, 0.25) is 0 Å². The van der Waals surface area contributed by atoms with Gasteiger partial charge in [-0.15, -0.1) is 0 Å². The second kappa shape index (κ2) is 6.05. The molecular weight excluding hydrogens is 323 g/mol. The number of benzene rings is 1. The number of morpholine rings is 1. The molecule has 0 aromatic heterocycles. The predicted octanol–water partition coefficient (Wildman–Crippen LogP) is 2.12. The van der Waals surface area contributed by atoms with Crippen molar-refractivity contribution in [3.8, 4) is 5.75 Å². The Morgan fingerprint density at radius 2 is 2.05 bits per heavy atom. The van der Waals surface area contributed by atoms with E-state index in [0.29, 0.717) is 0 Å². The van der Waals surface area contributed by atoms with Crippen LogP contribution >= 0.6 is 0 Å². The predicted molar refractivity (Wildman–Crippen MR) is 72.2 cm³/mol. The lowest BCUT2D eigenvalue weighted by atomic mass is 10.2. The van der Waals surface area contributed by atoms with Gasteiger partial charge in [-0.05, 0) is 19.1 Å². The van der Waals surface area contributed by atoms with Gasteiger partial charge in [0.2, 0.25) is 10.0 Å². The molecule has 1 heterocycles. The Hall–Kier alpha value is -1.32. The van der Waals surface area contributed by atoms with Gasteiger partial charge in [0.05, 0.1) is 30.3 Å². The van der Waals surface area contributed by atoms with Crippen molar-refractivity contribution >= 4 is 10.0 Å². The minimum atomic E-state index is -4.61. The highest BCUT2D eigenvalue weighted by Crippen LogP contribution is 2.37. The molecule has 0 N–H and O–H groups in total. The normalized spacial score (nSPS) is 20.9. The zero-order valence-corrected chi connectivity index (χ0v) is 12.9. The Labute approximate surface area is 126 Å². The van der Waals surface area contributed by atoms with Gasteiger partial charge in [0, 0.05) is 19.2 Å². The van der Waals surface area contributed by atoms with E-state index in [9.17, 15) is 21.6 Å². The van der Waals surface area contributed by atoms with E-state index in [0.717, 1.165) is 25.3 Å². The largest absolute Gasteiger partial charge is 0.496 e. The van der Waals surface area contributed by atoms with E-state index in [-0.39, 0.29) is 30.7 Å². The zero-order chi connectivity index (χ0) is 16.5. The third-order valence-electron chi connectivity index (χ3n) is 3.32. The third kappa shape index (κ3) is 3.36. The molecule has 1 aliphatic rings. The molecule has 22 heavy (non-hydrogen) atoms. The number of hydrogen-bond donors (Lipinski definition) is 0. The van der Waals surface area contributed by atoms with E-state index in [1.807, 2.05) is 0 Å². The molecule has 0 radical (unpaired) electrons. The summed E-state index contributed by atoms with van der Waals surface area (Å²) in [5, 5.41) is 0. The summed E-state index contributed by atoms with van der Waals surface area (Å²) in [5.74, 6) is -0.519. The maximum atomic E-state index is 12.8. The number of nitrogens with zero attached hydrogens (tertiary/aromatic N) is 1. The maximum Gasteiger partial charge on any atom is 0.419 e. The first-order valence-electron chi connectivity index (χ1n) is 6.53. The summed E-state index contributed by atoms with van der Waals surface area (Å²) in [7, 11) is -2.82. The zero-order valence-electron chi connectivity index (χ0n) is 12.1. The molecule has 1 fully saturated rings. The SMILES string of the molecule is COc1cc(S(=O)(=O)N2CCO[C@H](C)C2)ccc1C(F)(F)F. The number of ether oxygens (including phenoxy) is 2. The highest BCUT2D eigenvalue weighted by atomic mass is 32.2. The monoisotopic (exact) mass is 339 g/mol. The van der Waals surface area contributed by atoms with Gasteiger partial charge in [0.25, 0.3) is 0 Å². The van der Waals surface area contributed by atoms with Crippen molar-refractivity contribution in [2.45, 2.75) is 24.1 Å². The Morgan fingerprint density at radius 3 is 2.59 bits per heavy atom. The molecule has 0 bridgehead atoms. The lowest BCUT2D eigenvalue weighted by Crippen LogP contribution is -2.44. The quantitative estimate of drug-likeness (QED) is 0.846. The molecule has 0 spiro atoms. The highest BCUT2D eigenvalue weighted by molar-refractivity contribution is 7.89. The van der Waals surface area contributed by atoms with Crippen LogP contribution in [0.1, 0.15) is 12.5 Å². The summed E-state index contributed by atoms with van der Waals surface area (Å²) in [6.07, 6.45) is -4.87. The number of methoxy groups -OCH3 is 1. The molecule has 0 saturated carbocycles. The van der Waals surface area contributed by atoms with E-state index in [1.54, 1.807) is 6.92 Å². The molecular formula is C13H16F3NO4S. The summed E-state index contributed by atoms with van der Waals surface area (Å²) in [6.45, 7) is 2.30. The van der Waals surface area contributed by atoms with Crippen LogP contribution in [0, 0.1) is 0 Å². The van der Waals surface area contributed by atoms with E-state index >= 15 is 0 Å². The number of sulfonamides is 1. The topological polar surface area (TPSA) is 55.8 Å².